The second-order valence-corrected chi connectivity index (χ2v) is 4.72. The van der Waals surface area contributed by atoms with Crippen molar-refractivity contribution in [1.82, 2.24) is 4.90 Å². The van der Waals surface area contributed by atoms with E-state index in [-0.39, 0.29) is 0 Å². The summed E-state index contributed by atoms with van der Waals surface area (Å²) in [6.07, 6.45) is 1.71. The van der Waals surface area contributed by atoms with Crippen molar-refractivity contribution in [1.29, 1.82) is 0 Å². The lowest BCUT2D eigenvalue weighted by Gasteiger charge is -2.09. The fraction of sp³-hybridized carbons (Fsp3) is 0.111. The molecule has 2 aromatic rings. The van der Waals surface area contributed by atoms with Gasteiger partial charge in [-0.2, -0.15) is 0 Å². The minimum Gasteiger partial charge on any atom is -0.457 e. The molecule has 1 saturated heterocycles. The fourth-order valence-electron chi connectivity index (χ4n) is 2.02. The lowest BCUT2D eigenvalue weighted by Crippen LogP contribution is -2.29. The SMILES string of the molecule is [2H]C1([2H])CN(C(=O)C=Cc2ccccc2Oc2ccccc2)C(=O)O1. The fourth-order valence-corrected chi connectivity index (χ4v) is 2.02. The van der Waals surface area contributed by atoms with Gasteiger partial charge in [-0.15, -0.1) is 0 Å². The number of cyclic esters (lactones) is 1. The van der Waals surface area contributed by atoms with Gasteiger partial charge in [0, 0.05) is 11.6 Å². The number of para-hydroxylation sites is 2. The third-order valence-electron chi connectivity index (χ3n) is 3.16. The van der Waals surface area contributed by atoms with Crippen LogP contribution in [0.2, 0.25) is 0 Å². The predicted molar refractivity (Wildman–Crippen MR) is 85.1 cm³/mol. The molecular weight excluding hydrogens is 294 g/mol. The smallest absolute Gasteiger partial charge is 0.416 e. The molecule has 0 N–H and O–H groups in total. The van der Waals surface area contributed by atoms with Crippen molar-refractivity contribution in [2.24, 2.45) is 0 Å². The standard InChI is InChI=1S/C18H15NO4/c20-17(19-12-13-22-18(19)21)11-10-14-6-4-5-9-16(14)23-15-7-2-1-3-8-15/h1-11H,12-13H2/i13D2. The van der Waals surface area contributed by atoms with E-state index in [2.05, 4.69) is 4.74 Å². The largest absolute Gasteiger partial charge is 0.457 e. The van der Waals surface area contributed by atoms with E-state index in [1.54, 1.807) is 18.2 Å². The molecule has 3 rings (SSSR count). The van der Waals surface area contributed by atoms with Crippen LogP contribution in [0.25, 0.3) is 6.08 Å². The van der Waals surface area contributed by atoms with E-state index in [4.69, 9.17) is 7.48 Å². The van der Waals surface area contributed by atoms with E-state index in [1.165, 1.54) is 12.2 Å². The molecule has 0 spiro atoms. The molecule has 23 heavy (non-hydrogen) atoms. The van der Waals surface area contributed by atoms with Gasteiger partial charge in [0.1, 0.15) is 18.1 Å². The van der Waals surface area contributed by atoms with Gasteiger partial charge in [-0.3, -0.25) is 4.79 Å². The number of ether oxygens (including phenoxy) is 2. The van der Waals surface area contributed by atoms with Crippen LogP contribution in [0.1, 0.15) is 8.30 Å². The number of rotatable bonds is 4. The van der Waals surface area contributed by atoms with Crippen LogP contribution in [0.3, 0.4) is 0 Å². The predicted octanol–water partition coefficient (Wildman–Crippen LogP) is 3.47. The monoisotopic (exact) mass is 311 g/mol. The maximum absolute atomic E-state index is 12.1. The molecule has 1 fully saturated rings. The number of hydrogen-bond donors (Lipinski definition) is 0. The lowest BCUT2D eigenvalue weighted by molar-refractivity contribution is -0.122. The van der Waals surface area contributed by atoms with E-state index < -0.39 is 25.1 Å². The van der Waals surface area contributed by atoms with E-state index in [0.29, 0.717) is 17.1 Å². The van der Waals surface area contributed by atoms with Gasteiger partial charge in [-0.25, -0.2) is 9.69 Å². The summed E-state index contributed by atoms with van der Waals surface area (Å²) in [6, 6.07) is 16.3. The number of benzene rings is 2. The molecule has 1 heterocycles. The third kappa shape index (κ3) is 3.58. The van der Waals surface area contributed by atoms with Gasteiger partial charge in [0.2, 0.25) is 0 Å². The first-order chi connectivity index (χ1) is 11.9. The van der Waals surface area contributed by atoms with Crippen molar-refractivity contribution in [3.63, 3.8) is 0 Å². The lowest BCUT2D eigenvalue weighted by atomic mass is 10.2. The van der Waals surface area contributed by atoms with Crippen molar-refractivity contribution >= 4 is 18.1 Å². The summed E-state index contributed by atoms with van der Waals surface area (Å²) >= 11 is 0. The highest BCUT2D eigenvalue weighted by Gasteiger charge is 2.26. The molecule has 1 aliphatic heterocycles. The van der Waals surface area contributed by atoms with Crippen molar-refractivity contribution in [2.75, 3.05) is 13.1 Å². The van der Waals surface area contributed by atoms with Gasteiger partial charge in [0.25, 0.3) is 5.91 Å². The molecule has 0 aliphatic carbocycles. The van der Waals surface area contributed by atoms with Gasteiger partial charge < -0.3 is 9.47 Å². The van der Waals surface area contributed by atoms with Crippen molar-refractivity contribution in [3.8, 4) is 11.5 Å². The second kappa shape index (κ2) is 6.79. The Hall–Kier alpha value is -3.08. The summed E-state index contributed by atoms with van der Waals surface area (Å²) in [5.41, 5.74) is 0.648. The number of imide groups is 1. The zero-order valence-corrected chi connectivity index (χ0v) is 12.1. The normalized spacial score (nSPS) is 17.6. The van der Waals surface area contributed by atoms with Crippen LogP contribution in [-0.2, 0) is 9.53 Å². The summed E-state index contributed by atoms with van der Waals surface area (Å²) in [5.74, 6) is 0.559. The molecule has 0 bridgehead atoms. The van der Waals surface area contributed by atoms with Gasteiger partial charge in [0.05, 0.1) is 9.29 Å². The Kier molecular flexibility index (Phi) is 3.68. The summed E-state index contributed by atoms with van der Waals surface area (Å²) in [7, 11) is 0. The number of hydrogen-bond acceptors (Lipinski definition) is 4. The molecule has 5 heteroatoms. The number of nitrogens with zero attached hydrogens (tertiary/aromatic N) is 1. The molecule has 5 nitrogen and oxygen atoms in total. The average Bonchev–Trinajstić information content (AvgIpc) is 2.87. The molecule has 2 aromatic carbocycles. The van der Waals surface area contributed by atoms with Gasteiger partial charge >= 0.3 is 6.09 Å². The summed E-state index contributed by atoms with van der Waals surface area (Å²) < 4.78 is 25.0. The molecular formula is C18H15NO4. The average molecular weight is 311 g/mol. The summed E-state index contributed by atoms with van der Waals surface area (Å²) in [5, 5.41) is 0. The highest BCUT2D eigenvalue weighted by Crippen LogP contribution is 2.26. The number of carbonyl (C=O) groups is 2. The zero-order valence-electron chi connectivity index (χ0n) is 14.1. The molecule has 1 aliphatic rings. The van der Waals surface area contributed by atoms with Crippen LogP contribution in [-0.4, -0.2) is 30.0 Å². The summed E-state index contributed by atoms with van der Waals surface area (Å²) in [4.78, 5) is 24.4. The Bertz CT molecular complexity index is 821. The van der Waals surface area contributed by atoms with Crippen LogP contribution < -0.4 is 4.74 Å². The Labute approximate surface area is 136 Å². The minimum absolute atomic E-state index is 0.433. The topological polar surface area (TPSA) is 55.8 Å². The van der Waals surface area contributed by atoms with Crippen molar-refractivity contribution in [2.45, 2.75) is 0 Å². The van der Waals surface area contributed by atoms with E-state index >= 15 is 0 Å². The highest BCUT2D eigenvalue weighted by atomic mass is 16.6. The van der Waals surface area contributed by atoms with Gasteiger partial charge in [-0.1, -0.05) is 36.4 Å². The Morgan fingerprint density at radius 3 is 2.65 bits per heavy atom. The molecule has 0 aromatic heterocycles. The summed E-state index contributed by atoms with van der Waals surface area (Å²) in [6.45, 7) is -2.59. The number of amides is 2. The second-order valence-electron chi connectivity index (χ2n) is 4.72. The van der Waals surface area contributed by atoms with Crippen LogP contribution in [0.5, 0.6) is 11.5 Å². The van der Waals surface area contributed by atoms with Crippen LogP contribution >= 0.6 is 0 Å². The molecule has 0 unspecified atom stereocenters. The Balaban J connectivity index is 1.76. The highest BCUT2D eigenvalue weighted by molar-refractivity contribution is 6.01. The van der Waals surface area contributed by atoms with Crippen molar-refractivity contribution in [3.05, 3.63) is 66.2 Å². The first kappa shape index (κ1) is 12.5. The molecule has 2 amide bonds. The first-order valence-electron chi connectivity index (χ1n) is 7.99. The molecule has 116 valence electrons. The van der Waals surface area contributed by atoms with Crippen LogP contribution in [0.15, 0.2) is 60.7 Å². The maximum Gasteiger partial charge on any atom is 0.416 e. The van der Waals surface area contributed by atoms with E-state index in [0.717, 1.165) is 4.90 Å². The zero-order chi connectivity index (χ0) is 17.9. The maximum atomic E-state index is 12.1. The van der Waals surface area contributed by atoms with Crippen LogP contribution in [0, 0.1) is 0 Å². The van der Waals surface area contributed by atoms with Gasteiger partial charge in [-0.05, 0) is 24.3 Å². The third-order valence-corrected chi connectivity index (χ3v) is 3.16. The number of carbonyl (C=O) groups excluding carboxylic acids is 2. The first-order valence-corrected chi connectivity index (χ1v) is 6.99. The van der Waals surface area contributed by atoms with Crippen LogP contribution in [0.4, 0.5) is 4.79 Å². The Morgan fingerprint density at radius 2 is 1.91 bits per heavy atom. The minimum atomic E-state index is -2.16. The molecule has 0 saturated carbocycles. The molecule has 0 radical (unpaired) electrons. The Morgan fingerprint density at radius 1 is 1.17 bits per heavy atom. The van der Waals surface area contributed by atoms with E-state index in [1.807, 2.05) is 36.4 Å². The molecule has 0 atom stereocenters. The quantitative estimate of drug-likeness (QED) is 0.811. The van der Waals surface area contributed by atoms with Crippen molar-refractivity contribution < 1.29 is 21.8 Å². The van der Waals surface area contributed by atoms with E-state index in [9.17, 15) is 9.59 Å². The van der Waals surface area contributed by atoms with Gasteiger partial charge in [0.15, 0.2) is 0 Å².